The van der Waals surface area contributed by atoms with E-state index >= 15 is 0 Å². The summed E-state index contributed by atoms with van der Waals surface area (Å²) in [4.78, 5) is 3.89. The van der Waals surface area contributed by atoms with Crippen LogP contribution in [0.2, 0.25) is 0 Å². The van der Waals surface area contributed by atoms with Crippen LogP contribution in [-0.2, 0) is 0 Å². The van der Waals surface area contributed by atoms with Gasteiger partial charge in [-0.15, -0.1) is 0 Å². The molecule has 0 unspecified atom stereocenters. The van der Waals surface area contributed by atoms with Crippen molar-refractivity contribution in [1.82, 2.24) is 4.98 Å². The normalized spacial score (nSPS) is 7.50. The van der Waals surface area contributed by atoms with E-state index in [2.05, 4.69) is 23.7 Å². The topological polar surface area (TPSA) is 12.9 Å². The predicted molar refractivity (Wildman–Crippen MR) is 32.0 cm³/mol. The summed E-state index contributed by atoms with van der Waals surface area (Å²) >= 11 is 0. The maximum absolute atomic E-state index is 3.89. The Morgan fingerprint density at radius 3 is 3.00 bits per heavy atom. The first-order valence-electron chi connectivity index (χ1n) is 2.30. The standard InChI is InChI=1S/C7H5N/c1-2-7-5-3-4-6-8-7/h2,4,6H,1H2. The molecule has 8 heavy (non-hydrogen) atoms. The second kappa shape index (κ2) is 2.13. The van der Waals surface area contributed by atoms with Gasteiger partial charge in [0.1, 0.15) is 5.69 Å². The van der Waals surface area contributed by atoms with Crippen LogP contribution in [0.15, 0.2) is 18.8 Å². The van der Waals surface area contributed by atoms with Gasteiger partial charge in [-0.3, -0.25) is 0 Å². The molecule has 0 saturated carbocycles. The molecule has 1 rings (SSSR count). The van der Waals surface area contributed by atoms with Gasteiger partial charge in [0, 0.05) is 12.3 Å². The Labute approximate surface area is 48.7 Å². The molecule has 0 aliphatic carbocycles. The molecular formula is C7H5N. The minimum Gasteiger partial charge on any atom is -0.247 e. The molecule has 0 spiro atoms. The van der Waals surface area contributed by atoms with Gasteiger partial charge >= 0.3 is 0 Å². The van der Waals surface area contributed by atoms with Gasteiger partial charge in [0.2, 0.25) is 0 Å². The van der Waals surface area contributed by atoms with Crippen molar-refractivity contribution >= 4 is 6.08 Å². The monoisotopic (exact) mass is 103 g/mol. The first-order chi connectivity index (χ1) is 3.93. The lowest BCUT2D eigenvalue weighted by Gasteiger charge is -1.78. The minimum absolute atomic E-state index is 0.743. The Hall–Kier alpha value is -1.29. The Kier molecular flexibility index (Phi) is 1.29. The van der Waals surface area contributed by atoms with Crippen LogP contribution in [0.3, 0.4) is 0 Å². The zero-order valence-electron chi connectivity index (χ0n) is 4.39. The Bertz CT molecular complexity index is 167. The van der Waals surface area contributed by atoms with Gasteiger partial charge in [0.15, 0.2) is 0 Å². The largest absolute Gasteiger partial charge is 0.247 e. The van der Waals surface area contributed by atoms with Crippen LogP contribution in [-0.4, -0.2) is 4.98 Å². The average molecular weight is 103 g/mol. The predicted octanol–water partition coefficient (Wildman–Crippen LogP) is 1.32. The summed E-state index contributed by atoms with van der Waals surface area (Å²) in [6.45, 7) is 3.52. The van der Waals surface area contributed by atoms with Gasteiger partial charge in [0.25, 0.3) is 0 Å². The zero-order chi connectivity index (χ0) is 5.82. The van der Waals surface area contributed by atoms with Crippen molar-refractivity contribution < 1.29 is 0 Å². The number of nitrogens with zero attached hydrogens (tertiary/aromatic N) is 1. The van der Waals surface area contributed by atoms with Crippen molar-refractivity contribution in [3.63, 3.8) is 0 Å². The molecule has 1 aromatic rings. The lowest BCUT2D eigenvalue weighted by Crippen LogP contribution is -1.70. The van der Waals surface area contributed by atoms with Crippen LogP contribution in [0, 0.1) is 12.1 Å². The zero-order valence-corrected chi connectivity index (χ0v) is 4.39. The maximum Gasteiger partial charge on any atom is 0.112 e. The molecule has 0 radical (unpaired) electrons. The molecule has 0 saturated heterocycles. The molecule has 0 N–H and O–H groups in total. The van der Waals surface area contributed by atoms with Crippen LogP contribution in [0.1, 0.15) is 5.69 Å². The third-order valence-electron chi connectivity index (χ3n) is 0.765. The molecule has 0 aromatic carbocycles. The molecule has 1 nitrogen and oxygen atoms in total. The molecule has 38 valence electrons. The fourth-order valence-corrected chi connectivity index (χ4v) is 0.406. The van der Waals surface area contributed by atoms with Gasteiger partial charge in [-0.05, 0) is 12.1 Å². The van der Waals surface area contributed by atoms with Gasteiger partial charge < -0.3 is 0 Å². The van der Waals surface area contributed by atoms with E-state index in [1.807, 2.05) is 0 Å². The number of rotatable bonds is 1. The minimum atomic E-state index is 0.743. The molecule has 1 aromatic heterocycles. The summed E-state index contributed by atoms with van der Waals surface area (Å²) in [7, 11) is 0. The van der Waals surface area contributed by atoms with Crippen LogP contribution in [0.25, 0.3) is 6.08 Å². The van der Waals surface area contributed by atoms with Crippen LogP contribution in [0.5, 0.6) is 0 Å². The first kappa shape index (κ1) is 4.86. The highest BCUT2D eigenvalue weighted by atomic mass is 14.6. The summed E-state index contributed by atoms with van der Waals surface area (Å²) < 4.78 is 0. The summed E-state index contributed by atoms with van der Waals surface area (Å²) in [5, 5.41) is 0. The van der Waals surface area contributed by atoms with Crippen molar-refractivity contribution in [1.29, 1.82) is 0 Å². The SMILES string of the molecule is C=Cc1c#cccn1. The first-order valence-corrected chi connectivity index (χ1v) is 2.30. The highest BCUT2D eigenvalue weighted by molar-refractivity contribution is 5.37. The third kappa shape index (κ3) is 0.855. The van der Waals surface area contributed by atoms with Crippen LogP contribution < -0.4 is 0 Å². The van der Waals surface area contributed by atoms with Crippen molar-refractivity contribution in [3.8, 4) is 0 Å². The lowest BCUT2D eigenvalue weighted by atomic mass is 10.4. The van der Waals surface area contributed by atoms with Crippen LogP contribution >= 0.6 is 0 Å². The van der Waals surface area contributed by atoms with E-state index in [1.54, 1.807) is 18.3 Å². The summed E-state index contributed by atoms with van der Waals surface area (Å²) in [5.74, 6) is 0. The summed E-state index contributed by atoms with van der Waals surface area (Å²) in [6, 6.07) is 7.22. The number of aromatic nitrogens is 1. The van der Waals surface area contributed by atoms with Gasteiger partial charge in [-0.25, -0.2) is 4.98 Å². The van der Waals surface area contributed by atoms with Crippen molar-refractivity contribution in [2.45, 2.75) is 0 Å². The second-order valence-electron chi connectivity index (χ2n) is 1.30. The number of hydrogen-bond donors (Lipinski definition) is 0. The fourth-order valence-electron chi connectivity index (χ4n) is 0.406. The molecule has 0 amide bonds. The van der Waals surface area contributed by atoms with Crippen LogP contribution in [0.4, 0.5) is 0 Å². The molecular weight excluding hydrogens is 98.1 g/mol. The molecule has 0 atom stereocenters. The van der Waals surface area contributed by atoms with Crippen molar-refractivity contribution in [2.24, 2.45) is 0 Å². The van der Waals surface area contributed by atoms with E-state index in [1.165, 1.54) is 0 Å². The molecule has 0 aliphatic heterocycles. The molecule has 1 heterocycles. The summed E-state index contributed by atoms with van der Waals surface area (Å²) in [6.07, 6.45) is 3.30. The Balaban J connectivity index is 2.99. The molecule has 1 heteroatoms. The van der Waals surface area contributed by atoms with Gasteiger partial charge in [-0.2, -0.15) is 0 Å². The van der Waals surface area contributed by atoms with Gasteiger partial charge in [0.05, 0.1) is 0 Å². The highest BCUT2D eigenvalue weighted by Gasteiger charge is 1.75. The lowest BCUT2D eigenvalue weighted by molar-refractivity contribution is 1.31. The quantitative estimate of drug-likeness (QED) is 0.522. The van der Waals surface area contributed by atoms with E-state index < -0.39 is 0 Å². The van der Waals surface area contributed by atoms with Crippen molar-refractivity contribution in [2.75, 3.05) is 0 Å². The van der Waals surface area contributed by atoms with Crippen molar-refractivity contribution in [3.05, 3.63) is 36.7 Å². The van der Waals surface area contributed by atoms with E-state index in [9.17, 15) is 0 Å². The molecule has 0 fully saturated rings. The Morgan fingerprint density at radius 2 is 2.62 bits per heavy atom. The smallest absolute Gasteiger partial charge is 0.112 e. The summed E-state index contributed by atoms with van der Waals surface area (Å²) in [5.41, 5.74) is 0.743. The van der Waals surface area contributed by atoms with E-state index in [-0.39, 0.29) is 0 Å². The fraction of sp³-hybridized carbons (Fsp3) is 0. The van der Waals surface area contributed by atoms with E-state index in [4.69, 9.17) is 0 Å². The average Bonchev–Trinajstić information content (AvgIpc) is 1.90. The Morgan fingerprint density at radius 1 is 1.75 bits per heavy atom. The highest BCUT2D eigenvalue weighted by Crippen LogP contribution is 1.85. The molecule has 0 aliphatic rings. The number of hydrogen-bond acceptors (Lipinski definition) is 1. The third-order valence-corrected chi connectivity index (χ3v) is 0.765. The van der Waals surface area contributed by atoms with E-state index in [0.29, 0.717) is 0 Å². The molecule has 0 bridgehead atoms. The maximum atomic E-state index is 3.89. The second-order valence-corrected chi connectivity index (χ2v) is 1.30. The van der Waals surface area contributed by atoms with E-state index in [0.717, 1.165) is 5.69 Å². The van der Waals surface area contributed by atoms with Gasteiger partial charge in [-0.1, -0.05) is 12.6 Å².